The van der Waals surface area contributed by atoms with Crippen LogP contribution in [0.1, 0.15) is 0 Å². The Hall–Kier alpha value is -6.36. The van der Waals surface area contributed by atoms with Gasteiger partial charge < -0.3 is 0 Å². The maximum atomic E-state index is 12.3. The van der Waals surface area contributed by atoms with Crippen LogP contribution < -0.4 is 43.4 Å². The van der Waals surface area contributed by atoms with Crippen molar-refractivity contribution in [3.05, 3.63) is 159 Å². The molecule has 8 rings (SSSR count). The summed E-state index contributed by atoms with van der Waals surface area (Å²) in [5.41, 5.74) is -5.37. The highest BCUT2D eigenvalue weighted by molar-refractivity contribution is 6.12. The first-order valence-electron chi connectivity index (χ1n) is 12.6. The minimum absolute atomic E-state index is 0.0379. The van der Waals surface area contributed by atoms with Crippen molar-refractivity contribution < 1.29 is 4.92 Å². The van der Waals surface area contributed by atoms with Gasteiger partial charge in [-0.3, -0.25) is 48.5 Å². The van der Waals surface area contributed by atoms with Crippen LogP contribution in [0.25, 0.3) is 65.3 Å². The summed E-state index contributed by atoms with van der Waals surface area (Å²) in [6, 6.07) is 15.3. The molecule has 0 saturated heterocycles. The molecular weight excluding hydrogens is 558 g/mol. The molecule has 11 heteroatoms. The largest absolute Gasteiger partial charge is 0.285 e. The zero-order chi connectivity index (χ0) is 30.5. The summed E-state index contributed by atoms with van der Waals surface area (Å²) in [6.45, 7) is 0. The van der Waals surface area contributed by atoms with E-state index < -0.39 is 54.0 Å². The molecule has 11 nitrogen and oxygen atoms in total. The second-order valence-electron chi connectivity index (χ2n) is 9.99. The predicted octanol–water partition coefficient (Wildman–Crippen LogP) is 1.61. The maximum absolute atomic E-state index is 12.3. The van der Waals surface area contributed by atoms with Gasteiger partial charge in [-0.2, -0.15) is 0 Å². The van der Waals surface area contributed by atoms with Crippen LogP contribution in [0.15, 0.2) is 105 Å². The van der Waals surface area contributed by atoms with E-state index in [1.165, 1.54) is 54.6 Å². The van der Waals surface area contributed by atoms with Gasteiger partial charge in [0.25, 0.3) is 5.69 Å². The van der Waals surface area contributed by atoms with Crippen molar-refractivity contribution in [2.45, 2.75) is 0 Å². The van der Waals surface area contributed by atoms with Gasteiger partial charge in [0, 0.05) is 77.5 Å². The van der Waals surface area contributed by atoms with Crippen molar-refractivity contribution in [1.82, 2.24) is 0 Å². The van der Waals surface area contributed by atoms with Crippen molar-refractivity contribution in [3.63, 3.8) is 0 Å². The molecule has 0 amide bonds. The van der Waals surface area contributed by atoms with E-state index in [1.54, 1.807) is 0 Å². The molecule has 0 bridgehead atoms. The van der Waals surface area contributed by atoms with Crippen molar-refractivity contribution in [2.24, 2.45) is 0 Å². The minimum atomic E-state index is -0.920. The highest BCUT2D eigenvalue weighted by Gasteiger charge is 2.27. The van der Waals surface area contributed by atoms with Crippen LogP contribution in [0.5, 0.6) is 0 Å². The Morgan fingerprint density at radius 1 is 0.372 bits per heavy atom. The Morgan fingerprint density at radius 3 is 0.814 bits per heavy atom. The first kappa shape index (κ1) is 25.6. The Kier molecular flexibility index (Phi) is 5.10. The number of nitro benzene ring substituents is 1. The summed E-state index contributed by atoms with van der Waals surface area (Å²) in [4.78, 5) is 108. The van der Waals surface area contributed by atoms with Gasteiger partial charge >= 0.3 is 0 Å². The molecule has 0 aromatic heterocycles. The number of hydrogen-bond donors (Lipinski definition) is 0. The average molecular weight is 569 g/mol. The van der Waals surface area contributed by atoms with Crippen molar-refractivity contribution in [1.29, 1.82) is 0 Å². The third kappa shape index (κ3) is 3.24. The summed E-state index contributed by atoms with van der Waals surface area (Å²) in [5.74, 6) is 0. The molecule has 4 aromatic carbocycles. The topological polar surface area (TPSA) is 180 Å². The van der Waals surface area contributed by atoms with Crippen molar-refractivity contribution >= 4 is 48.8 Å². The lowest BCUT2D eigenvalue weighted by Crippen LogP contribution is -2.31. The second kappa shape index (κ2) is 8.57. The molecule has 0 aliphatic heterocycles. The second-order valence-corrected chi connectivity index (χ2v) is 9.99. The molecule has 0 unspecified atom stereocenters. The van der Waals surface area contributed by atoms with Gasteiger partial charge in [0.15, 0.2) is 0 Å². The fourth-order valence-electron chi connectivity index (χ4n) is 5.94. The number of benzene rings is 8. The van der Waals surface area contributed by atoms with Crippen LogP contribution in [0, 0.1) is 10.1 Å². The Bertz CT molecular complexity index is 2610. The third-order valence-electron chi connectivity index (χ3n) is 7.81. The number of non-ortho nitro benzene ring substituents is 1. The summed E-state index contributed by atoms with van der Waals surface area (Å²) in [7, 11) is 0. The molecule has 0 N–H and O–H groups in total. The van der Waals surface area contributed by atoms with E-state index in [2.05, 4.69) is 0 Å². The molecule has 204 valence electrons. The summed E-state index contributed by atoms with van der Waals surface area (Å²) in [5, 5.41) is 11.5. The summed E-state index contributed by atoms with van der Waals surface area (Å²) >= 11 is 0. The molecule has 43 heavy (non-hydrogen) atoms. The molecule has 0 atom stereocenters. The van der Waals surface area contributed by atoms with Gasteiger partial charge in [-0.05, 0) is 0 Å². The monoisotopic (exact) mass is 569 g/mol. The van der Waals surface area contributed by atoms with Gasteiger partial charge in [0.05, 0.1) is 4.92 Å². The van der Waals surface area contributed by atoms with Crippen LogP contribution in [-0.4, -0.2) is 4.92 Å². The smallest absolute Gasteiger partial charge is 0.270 e. The average Bonchev–Trinajstić information content (AvgIpc) is 3.02. The fourth-order valence-corrected chi connectivity index (χ4v) is 5.94. The fraction of sp³-hybridized carbons (Fsp3) is 0. The third-order valence-corrected chi connectivity index (χ3v) is 7.81. The van der Waals surface area contributed by atoms with Gasteiger partial charge in [-0.25, -0.2) is 0 Å². The number of nitro groups is 1. The van der Waals surface area contributed by atoms with Crippen LogP contribution in [0.4, 0.5) is 5.69 Å². The van der Waals surface area contributed by atoms with E-state index in [9.17, 15) is 48.5 Å². The van der Waals surface area contributed by atoms with E-state index in [4.69, 9.17) is 0 Å². The number of hydrogen-bond acceptors (Lipinski definition) is 10. The van der Waals surface area contributed by atoms with Gasteiger partial charge in [0.1, 0.15) is 0 Å². The lowest BCUT2D eigenvalue weighted by Gasteiger charge is -2.13. The molecular formula is C32H11NO10. The van der Waals surface area contributed by atoms with Gasteiger partial charge in [-0.15, -0.1) is 0 Å². The normalized spacial score (nSPS) is 11.7. The van der Waals surface area contributed by atoms with Crippen LogP contribution >= 0.6 is 0 Å². The molecule has 4 aliphatic carbocycles. The number of rotatable bonds is 1. The summed E-state index contributed by atoms with van der Waals surface area (Å²) in [6.07, 6.45) is 0. The highest BCUT2D eigenvalue weighted by atomic mass is 16.6. The lowest BCUT2D eigenvalue weighted by molar-refractivity contribution is -0.384. The van der Waals surface area contributed by atoms with E-state index in [-0.39, 0.29) is 54.2 Å². The summed E-state index contributed by atoms with van der Waals surface area (Å²) < 4.78 is 0. The lowest BCUT2D eigenvalue weighted by atomic mass is 9.87. The van der Waals surface area contributed by atoms with Crippen molar-refractivity contribution in [2.75, 3.05) is 0 Å². The quantitative estimate of drug-likeness (QED) is 0.122. The Labute approximate surface area is 234 Å². The predicted molar refractivity (Wildman–Crippen MR) is 160 cm³/mol. The van der Waals surface area contributed by atoms with Crippen LogP contribution in [0.2, 0.25) is 0 Å². The maximum Gasteiger partial charge on any atom is 0.270 e. The van der Waals surface area contributed by atoms with E-state index in [0.717, 1.165) is 12.1 Å². The van der Waals surface area contributed by atoms with Gasteiger partial charge in [-0.1, -0.05) is 54.6 Å². The molecule has 0 saturated carbocycles. The zero-order valence-electron chi connectivity index (χ0n) is 21.4. The molecule has 0 heterocycles. The molecule has 4 aliphatic rings. The number of nitrogens with zero attached hydrogens (tertiary/aromatic N) is 1. The molecule has 0 fully saturated rings. The van der Waals surface area contributed by atoms with Crippen LogP contribution in [0.3, 0.4) is 0 Å². The zero-order valence-corrected chi connectivity index (χ0v) is 21.4. The Balaban J connectivity index is 0.000000141. The SMILES string of the molecule is O=c1c(=O)c2cc([N+](=O)[O-])cc3c2-c2c1cccc2c(=O)c3=O.O=c1c(=O)c2cccc3c2-c2c1cccc2c(=O)c3=O. The van der Waals surface area contributed by atoms with Gasteiger partial charge in [0.2, 0.25) is 43.4 Å². The highest BCUT2D eigenvalue weighted by Crippen LogP contribution is 2.36. The first-order chi connectivity index (χ1) is 20.5. The molecule has 4 aromatic rings. The Morgan fingerprint density at radius 2 is 0.581 bits per heavy atom. The first-order valence-corrected chi connectivity index (χ1v) is 12.6. The van der Waals surface area contributed by atoms with E-state index in [0.29, 0.717) is 11.1 Å². The molecule has 0 radical (unpaired) electrons. The van der Waals surface area contributed by atoms with E-state index >= 15 is 0 Å². The van der Waals surface area contributed by atoms with Crippen LogP contribution in [-0.2, 0) is 0 Å². The van der Waals surface area contributed by atoms with Crippen molar-refractivity contribution in [3.8, 4) is 22.3 Å². The molecule has 0 spiro atoms. The standard InChI is InChI=1S/C16H5NO6.C16H6O4/c18-13-7-2-1-3-8-11(7)12-9(15(13)20)4-6(17(22)23)5-10(12)16(21)14(8)19;17-13-7-3-1-4-8-11(7)12-9(15(13)19)5-2-6-10(12)16(20)14(8)18/h1-5H;1-6H. The minimum Gasteiger partial charge on any atom is -0.285 e. The van der Waals surface area contributed by atoms with E-state index in [1.807, 2.05) is 0 Å².